The van der Waals surface area contributed by atoms with Gasteiger partial charge in [0.05, 0.1) is 19.6 Å². The highest BCUT2D eigenvalue weighted by atomic mass is 16.7. The second-order valence-electron chi connectivity index (χ2n) is 11.7. The summed E-state index contributed by atoms with van der Waals surface area (Å²) in [5.74, 6) is 0.496. The minimum absolute atomic E-state index is 0.0763. The summed E-state index contributed by atoms with van der Waals surface area (Å²) < 4.78 is 16.6. The standard InChI is InChI=1S/C33H47N3O6/c1-5-6-18-35(19-10-17-34(2)3)31(37)22-36-21-26(25-15-16-29-30(20-25)42-23-41-29)32(33(38)39)27(36)13-9-12-24-11-7-8-14-28(24)40-4/h7-8,11,14-16,20,26-27,32H,5-6,9-10,12-13,17-19,21-23H2,1-4H3,(H,38,39). The number of nitrogens with zero attached hydrogens (tertiary/aromatic N) is 3. The van der Waals surface area contributed by atoms with Gasteiger partial charge in [-0.15, -0.1) is 0 Å². The number of fused-ring (bicyclic) bond motifs is 1. The number of hydrogen-bond acceptors (Lipinski definition) is 7. The molecule has 1 N–H and O–H groups in total. The van der Waals surface area contributed by atoms with Crippen molar-refractivity contribution in [3.05, 3.63) is 53.6 Å². The molecule has 230 valence electrons. The number of likely N-dealkylation sites (tertiary alicyclic amines) is 1. The molecule has 0 bridgehead atoms. The van der Waals surface area contributed by atoms with Crippen LogP contribution in [-0.4, -0.2) is 98.4 Å². The second kappa shape index (κ2) is 15.3. The maximum atomic E-state index is 13.7. The molecule has 1 fully saturated rings. The summed E-state index contributed by atoms with van der Waals surface area (Å²) in [6.07, 6.45) is 5.10. The van der Waals surface area contributed by atoms with E-state index in [1.165, 1.54) is 0 Å². The SMILES string of the molecule is CCCCN(CCCN(C)C)C(=O)CN1CC(c2ccc3c(c2)OCO3)C(C(=O)O)C1CCCc1ccccc1OC. The molecule has 4 rings (SSSR count). The lowest BCUT2D eigenvalue weighted by molar-refractivity contribution is -0.143. The van der Waals surface area contributed by atoms with E-state index >= 15 is 0 Å². The largest absolute Gasteiger partial charge is 0.496 e. The molecule has 2 aliphatic rings. The molecule has 2 aromatic carbocycles. The summed E-state index contributed by atoms with van der Waals surface area (Å²) in [5.41, 5.74) is 2.01. The number of aryl methyl sites for hydroxylation is 1. The van der Waals surface area contributed by atoms with E-state index in [2.05, 4.69) is 22.8 Å². The zero-order valence-corrected chi connectivity index (χ0v) is 25.6. The van der Waals surface area contributed by atoms with Gasteiger partial charge in [0.25, 0.3) is 0 Å². The van der Waals surface area contributed by atoms with Crippen LogP contribution in [0.2, 0.25) is 0 Å². The molecule has 1 amide bonds. The van der Waals surface area contributed by atoms with Gasteiger partial charge in [0.15, 0.2) is 11.5 Å². The van der Waals surface area contributed by atoms with Gasteiger partial charge in [0, 0.05) is 31.6 Å². The lowest BCUT2D eigenvalue weighted by Crippen LogP contribution is -2.45. The molecule has 42 heavy (non-hydrogen) atoms. The average Bonchev–Trinajstić information content (AvgIpc) is 3.59. The molecule has 0 aromatic heterocycles. The first kappa shape index (κ1) is 31.6. The molecule has 0 spiro atoms. The Morgan fingerprint density at radius 3 is 2.52 bits per heavy atom. The van der Waals surface area contributed by atoms with Crippen LogP contribution in [0.4, 0.5) is 0 Å². The van der Waals surface area contributed by atoms with Crippen LogP contribution < -0.4 is 14.2 Å². The minimum atomic E-state index is -0.830. The number of carbonyl (C=O) groups is 2. The number of hydrogen-bond donors (Lipinski definition) is 1. The number of ether oxygens (including phenoxy) is 3. The number of methoxy groups -OCH3 is 1. The van der Waals surface area contributed by atoms with Crippen molar-refractivity contribution in [1.82, 2.24) is 14.7 Å². The highest BCUT2D eigenvalue weighted by molar-refractivity contribution is 5.79. The third-order valence-corrected chi connectivity index (χ3v) is 8.50. The van der Waals surface area contributed by atoms with Crippen LogP contribution in [0.3, 0.4) is 0 Å². The molecule has 9 heteroatoms. The highest BCUT2D eigenvalue weighted by Crippen LogP contribution is 2.43. The predicted molar refractivity (Wildman–Crippen MR) is 162 cm³/mol. The van der Waals surface area contributed by atoms with Gasteiger partial charge in [0.2, 0.25) is 12.7 Å². The van der Waals surface area contributed by atoms with E-state index in [9.17, 15) is 14.7 Å². The van der Waals surface area contributed by atoms with Gasteiger partial charge in [0.1, 0.15) is 5.75 Å². The van der Waals surface area contributed by atoms with E-state index < -0.39 is 11.9 Å². The van der Waals surface area contributed by atoms with E-state index in [0.29, 0.717) is 31.0 Å². The van der Waals surface area contributed by atoms with E-state index in [-0.39, 0.29) is 31.2 Å². The molecule has 2 heterocycles. The Balaban J connectivity index is 1.56. The molecule has 0 saturated carbocycles. The van der Waals surface area contributed by atoms with Crippen molar-refractivity contribution in [3.8, 4) is 17.2 Å². The lowest BCUT2D eigenvalue weighted by Gasteiger charge is -2.30. The molecular formula is C33H47N3O6. The van der Waals surface area contributed by atoms with Crippen LogP contribution in [0.15, 0.2) is 42.5 Å². The van der Waals surface area contributed by atoms with Gasteiger partial charge < -0.3 is 29.1 Å². The van der Waals surface area contributed by atoms with Gasteiger partial charge >= 0.3 is 5.97 Å². The van der Waals surface area contributed by atoms with E-state index in [1.54, 1.807) is 7.11 Å². The number of carbonyl (C=O) groups excluding carboxylic acids is 1. The number of para-hydroxylation sites is 1. The maximum absolute atomic E-state index is 13.7. The zero-order valence-electron chi connectivity index (χ0n) is 25.6. The Bertz CT molecular complexity index is 1190. The number of rotatable bonds is 16. The van der Waals surface area contributed by atoms with Crippen LogP contribution in [0, 0.1) is 5.92 Å². The van der Waals surface area contributed by atoms with Crippen molar-refractivity contribution >= 4 is 11.9 Å². The third-order valence-electron chi connectivity index (χ3n) is 8.50. The molecule has 2 aliphatic heterocycles. The first-order chi connectivity index (χ1) is 20.3. The smallest absolute Gasteiger partial charge is 0.308 e. The van der Waals surface area contributed by atoms with Crippen LogP contribution in [0.1, 0.15) is 56.1 Å². The number of amides is 1. The molecule has 3 unspecified atom stereocenters. The molecular weight excluding hydrogens is 534 g/mol. The average molecular weight is 582 g/mol. The molecule has 0 radical (unpaired) electrons. The van der Waals surface area contributed by atoms with E-state index in [4.69, 9.17) is 14.2 Å². The monoisotopic (exact) mass is 581 g/mol. The summed E-state index contributed by atoms with van der Waals surface area (Å²) >= 11 is 0. The normalized spacial score (nSPS) is 19.8. The zero-order chi connectivity index (χ0) is 30.1. The topological polar surface area (TPSA) is 91.8 Å². The van der Waals surface area contributed by atoms with Crippen molar-refractivity contribution < 1.29 is 28.9 Å². The summed E-state index contributed by atoms with van der Waals surface area (Å²) in [5, 5.41) is 10.6. The Hall–Kier alpha value is -3.30. The predicted octanol–water partition coefficient (Wildman–Crippen LogP) is 4.50. The molecule has 9 nitrogen and oxygen atoms in total. The van der Waals surface area contributed by atoms with Crippen molar-refractivity contribution in [2.75, 3.05) is 60.7 Å². The Labute approximate surface area is 250 Å². The first-order valence-electron chi connectivity index (χ1n) is 15.2. The minimum Gasteiger partial charge on any atom is -0.496 e. The summed E-state index contributed by atoms with van der Waals surface area (Å²) in [6, 6.07) is 13.4. The number of carboxylic acid groups (broad SMARTS) is 1. The third kappa shape index (κ3) is 7.95. The molecule has 0 aliphatic carbocycles. The van der Waals surface area contributed by atoms with Gasteiger partial charge in [-0.05, 0) is 82.1 Å². The number of aliphatic carboxylic acids is 1. The fourth-order valence-corrected chi connectivity index (χ4v) is 6.31. The van der Waals surface area contributed by atoms with Gasteiger partial charge in [-0.25, -0.2) is 0 Å². The van der Waals surface area contributed by atoms with Crippen molar-refractivity contribution in [3.63, 3.8) is 0 Å². The van der Waals surface area contributed by atoms with Crippen LogP contribution in [-0.2, 0) is 16.0 Å². The van der Waals surface area contributed by atoms with Crippen molar-refractivity contribution in [1.29, 1.82) is 0 Å². The van der Waals surface area contributed by atoms with Crippen molar-refractivity contribution in [2.45, 2.75) is 57.4 Å². The van der Waals surface area contributed by atoms with Crippen molar-refractivity contribution in [2.24, 2.45) is 5.92 Å². The van der Waals surface area contributed by atoms with Gasteiger partial charge in [-0.1, -0.05) is 37.6 Å². The Morgan fingerprint density at radius 1 is 1.02 bits per heavy atom. The van der Waals surface area contributed by atoms with E-state index in [0.717, 1.165) is 62.1 Å². The van der Waals surface area contributed by atoms with Gasteiger partial charge in [-0.3, -0.25) is 14.5 Å². The number of benzene rings is 2. The maximum Gasteiger partial charge on any atom is 0.308 e. The highest BCUT2D eigenvalue weighted by Gasteiger charge is 2.47. The van der Waals surface area contributed by atoms with E-state index in [1.807, 2.05) is 55.4 Å². The lowest BCUT2D eigenvalue weighted by atomic mass is 9.83. The number of unbranched alkanes of at least 4 members (excludes halogenated alkanes) is 1. The molecule has 3 atom stereocenters. The quantitative estimate of drug-likeness (QED) is 0.310. The second-order valence-corrected chi connectivity index (χ2v) is 11.7. The fraction of sp³-hybridized carbons (Fsp3) is 0.576. The number of carboxylic acids is 1. The van der Waals surface area contributed by atoms with Crippen LogP contribution in [0.25, 0.3) is 0 Å². The Kier molecular flexibility index (Phi) is 11.5. The van der Waals surface area contributed by atoms with Gasteiger partial charge in [-0.2, -0.15) is 0 Å². The Morgan fingerprint density at radius 2 is 1.79 bits per heavy atom. The molecule has 2 aromatic rings. The van der Waals surface area contributed by atoms with Crippen LogP contribution in [0.5, 0.6) is 17.2 Å². The summed E-state index contributed by atoms with van der Waals surface area (Å²) in [4.78, 5) is 32.9. The fourth-order valence-electron chi connectivity index (χ4n) is 6.31. The molecule has 1 saturated heterocycles. The summed E-state index contributed by atoms with van der Waals surface area (Å²) in [7, 11) is 5.75. The van der Waals surface area contributed by atoms with Crippen LogP contribution >= 0.6 is 0 Å². The summed E-state index contributed by atoms with van der Waals surface area (Å²) in [6.45, 7) is 5.36. The first-order valence-corrected chi connectivity index (χ1v) is 15.2.